The van der Waals surface area contributed by atoms with Crippen LogP contribution in [-0.2, 0) is 9.59 Å². The molecule has 1 aliphatic rings. The van der Waals surface area contributed by atoms with Crippen LogP contribution in [0.1, 0.15) is 23.6 Å². The summed E-state index contributed by atoms with van der Waals surface area (Å²) in [5.41, 5.74) is 1.23. The molecule has 0 aromatic heterocycles. The zero-order chi connectivity index (χ0) is 22.5. The van der Waals surface area contributed by atoms with Gasteiger partial charge < -0.3 is 24.4 Å². The van der Waals surface area contributed by atoms with E-state index in [0.717, 1.165) is 6.54 Å². The van der Waals surface area contributed by atoms with Gasteiger partial charge in [-0.3, -0.25) is 9.59 Å². The first kappa shape index (κ1) is 22.4. The Hall–Kier alpha value is -3.32. The second kappa shape index (κ2) is 9.66. The van der Waals surface area contributed by atoms with Gasteiger partial charge in [-0.15, -0.1) is 0 Å². The van der Waals surface area contributed by atoms with Gasteiger partial charge in [-0.05, 0) is 69.0 Å². The van der Waals surface area contributed by atoms with Crippen molar-refractivity contribution in [1.82, 2.24) is 9.80 Å². The predicted molar refractivity (Wildman–Crippen MR) is 118 cm³/mol. The van der Waals surface area contributed by atoms with E-state index in [2.05, 4.69) is 0 Å². The van der Waals surface area contributed by atoms with Crippen LogP contribution in [-0.4, -0.2) is 68.0 Å². The minimum Gasteiger partial charge on any atom is -0.507 e. The van der Waals surface area contributed by atoms with E-state index in [-0.39, 0.29) is 11.3 Å². The number of rotatable bonds is 8. The van der Waals surface area contributed by atoms with Crippen LogP contribution in [0, 0.1) is 0 Å². The van der Waals surface area contributed by atoms with E-state index >= 15 is 0 Å². The molecule has 31 heavy (non-hydrogen) atoms. The van der Waals surface area contributed by atoms with Crippen molar-refractivity contribution in [2.75, 3.05) is 41.4 Å². The summed E-state index contributed by atoms with van der Waals surface area (Å²) in [6.07, 6.45) is 0.697. The number of nitrogens with zero attached hydrogens (tertiary/aromatic N) is 2. The van der Waals surface area contributed by atoms with Gasteiger partial charge in [0.1, 0.15) is 17.3 Å². The summed E-state index contributed by atoms with van der Waals surface area (Å²) in [5.74, 6) is -0.262. The largest absolute Gasteiger partial charge is 0.507 e. The van der Waals surface area contributed by atoms with E-state index in [9.17, 15) is 14.7 Å². The minimum absolute atomic E-state index is 0.0771. The van der Waals surface area contributed by atoms with Crippen molar-refractivity contribution in [2.45, 2.75) is 12.5 Å². The number of methoxy groups -OCH3 is 2. The highest BCUT2D eigenvalue weighted by Gasteiger charge is 2.45. The lowest BCUT2D eigenvalue weighted by atomic mass is 9.95. The molecule has 0 aliphatic carbocycles. The number of ether oxygens (including phenoxy) is 2. The van der Waals surface area contributed by atoms with E-state index in [4.69, 9.17) is 9.47 Å². The Morgan fingerprint density at radius 1 is 1.03 bits per heavy atom. The fourth-order valence-electron chi connectivity index (χ4n) is 3.73. The second-order valence-corrected chi connectivity index (χ2v) is 7.65. The van der Waals surface area contributed by atoms with Gasteiger partial charge in [-0.25, -0.2) is 0 Å². The van der Waals surface area contributed by atoms with Gasteiger partial charge in [-0.2, -0.15) is 0 Å². The number of benzene rings is 2. The Bertz CT molecular complexity index is 982. The molecule has 3 rings (SSSR count). The first-order valence-electron chi connectivity index (χ1n) is 10.1. The van der Waals surface area contributed by atoms with Crippen molar-refractivity contribution >= 4 is 17.4 Å². The summed E-state index contributed by atoms with van der Waals surface area (Å²) in [6.45, 7) is 1.16. The van der Waals surface area contributed by atoms with Crippen LogP contribution in [0.25, 0.3) is 5.76 Å². The standard InChI is InChI=1S/C24H28N2O5/c1-25(2)13-6-14-26-21(17-7-5-8-19(15-17)31-4)20(23(28)24(26)29)22(27)16-9-11-18(30-3)12-10-16/h5,7-12,15,21,27H,6,13-14H2,1-4H3/b22-20-. The first-order valence-corrected chi connectivity index (χ1v) is 10.1. The van der Waals surface area contributed by atoms with Gasteiger partial charge in [0.05, 0.1) is 25.8 Å². The van der Waals surface area contributed by atoms with Crippen molar-refractivity contribution in [3.05, 3.63) is 65.2 Å². The molecule has 0 bridgehead atoms. The Labute approximate surface area is 182 Å². The maximum absolute atomic E-state index is 13.0. The molecule has 1 atom stereocenters. The topological polar surface area (TPSA) is 79.3 Å². The zero-order valence-electron chi connectivity index (χ0n) is 18.3. The van der Waals surface area contributed by atoms with Crippen molar-refractivity contribution in [3.8, 4) is 11.5 Å². The van der Waals surface area contributed by atoms with Crippen molar-refractivity contribution in [1.29, 1.82) is 0 Å². The van der Waals surface area contributed by atoms with Crippen LogP contribution in [0.15, 0.2) is 54.1 Å². The molecule has 0 radical (unpaired) electrons. The molecule has 7 heteroatoms. The van der Waals surface area contributed by atoms with Gasteiger partial charge in [0, 0.05) is 12.1 Å². The van der Waals surface area contributed by atoms with Crippen LogP contribution in [0.3, 0.4) is 0 Å². The monoisotopic (exact) mass is 424 g/mol. The quantitative estimate of drug-likeness (QED) is 0.399. The molecule has 1 unspecified atom stereocenters. The lowest BCUT2D eigenvalue weighted by Gasteiger charge is -2.26. The van der Waals surface area contributed by atoms with Crippen LogP contribution < -0.4 is 9.47 Å². The molecule has 0 spiro atoms. The summed E-state index contributed by atoms with van der Waals surface area (Å²) in [4.78, 5) is 29.5. The van der Waals surface area contributed by atoms with E-state index < -0.39 is 17.7 Å². The van der Waals surface area contributed by atoms with E-state index in [1.807, 2.05) is 31.1 Å². The Morgan fingerprint density at radius 2 is 1.71 bits per heavy atom. The number of amides is 1. The van der Waals surface area contributed by atoms with E-state index in [0.29, 0.717) is 35.6 Å². The van der Waals surface area contributed by atoms with Crippen LogP contribution in [0.5, 0.6) is 11.5 Å². The zero-order valence-corrected chi connectivity index (χ0v) is 18.3. The number of hydrogen-bond donors (Lipinski definition) is 1. The second-order valence-electron chi connectivity index (χ2n) is 7.65. The molecule has 2 aromatic carbocycles. The summed E-state index contributed by atoms with van der Waals surface area (Å²) < 4.78 is 10.5. The molecule has 1 aliphatic heterocycles. The number of aliphatic hydroxyl groups excluding tert-OH is 1. The average Bonchev–Trinajstić information content (AvgIpc) is 3.03. The molecule has 7 nitrogen and oxygen atoms in total. The van der Waals surface area contributed by atoms with Crippen LogP contribution in [0.4, 0.5) is 0 Å². The summed E-state index contributed by atoms with van der Waals surface area (Å²) in [7, 11) is 7.02. The number of ketones is 1. The summed E-state index contributed by atoms with van der Waals surface area (Å²) in [6, 6.07) is 13.3. The maximum Gasteiger partial charge on any atom is 0.295 e. The first-order chi connectivity index (χ1) is 14.9. The third-order valence-corrected chi connectivity index (χ3v) is 5.32. The molecule has 2 aromatic rings. The Morgan fingerprint density at radius 3 is 2.32 bits per heavy atom. The van der Waals surface area contributed by atoms with E-state index in [1.54, 1.807) is 50.6 Å². The molecule has 164 valence electrons. The molecule has 1 fully saturated rings. The fourth-order valence-corrected chi connectivity index (χ4v) is 3.73. The normalized spacial score (nSPS) is 18.0. The van der Waals surface area contributed by atoms with Gasteiger partial charge in [0.15, 0.2) is 0 Å². The highest BCUT2D eigenvalue weighted by molar-refractivity contribution is 6.46. The number of carbonyl (C=O) groups is 2. The van der Waals surface area contributed by atoms with Crippen LogP contribution >= 0.6 is 0 Å². The third-order valence-electron chi connectivity index (χ3n) is 5.32. The van der Waals surface area contributed by atoms with Crippen LogP contribution in [0.2, 0.25) is 0 Å². The molecule has 1 amide bonds. The summed E-state index contributed by atoms with van der Waals surface area (Å²) >= 11 is 0. The predicted octanol–water partition coefficient (Wildman–Crippen LogP) is 3.08. The highest BCUT2D eigenvalue weighted by Crippen LogP contribution is 2.40. The lowest BCUT2D eigenvalue weighted by molar-refractivity contribution is -0.139. The number of aliphatic hydroxyl groups is 1. The molecule has 0 saturated carbocycles. The number of likely N-dealkylation sites (tertiary alicyclic amines) is 1. The van der Waals surface area contributed by atoms with Crippen molar-refractivity contribution in [3.63, 3.8) is 0 Å². The van der Waals surface area contributed by atoms with Crippen molar-refractivity contribution in [2.24, 2.45) is 0 Å². The molecule has 1 saturated heterocycles. The minimum atomic E-state index is -0.695. The molecule has 1 heterocycles. The lowest BCUT2D eigenvalue weighted by Crippen LogP contribution is -2.32. The SMILES string of the molecule is COc1ccc(/C(O)=C2/C(=O)C(=O)N(CCCN(C)C)C2c2cccc(OC)c2)cc1. The van der Waals surface area contributed by atoms with Crippen molar-refractivity contribution < 1.29 is 24.2 Å². The number of carbonyl (C=O) groups excluding carboxylic acids is 2. The van der Waals surface area contributed by atoms with E-state index in [1.165, 1.54) is 4.90 Å². The Balaban J connectivity index is 2.09. The fraction of sp³-hybridized carbons (Fsp3) is 0.333. The van der Waals surface area contributed by atoms with Gasteiger partial charge in [0.2, 0.25) is 0 Å². The molecule has 1 N–H and O–H groups in total. The smallest absolute Gasteiger partial charge is 0.295 e. The van der Waals surface area contributed by atoms with Gasteiger partial charge in [0.25, 0.3) is 11.7 Å². The van der Waals surface area contributed by atoms with Gasteiger partial charge in [-0.1, -0.05) is 12.1 Å². The number of Topliss-reactive ketones (excluding diaryl/α,β-unsaturated/α-hetero) is 1. The van der Waals surface area contributed by atoms with Gasteiger partial charge >= 0.3 is 0 Å². The molecular weight excluding hydrogens is 396 g/mol. The Kier molecular flexibility index (Phi) is 6.97. The molecular formula is C24H28N2O5. The summed E-state index contributed by atoms with van der Waals surface area (Å²) in [5, 5.41) is 11.1. The highest BCUT2D eigenvalue weighted by atomic mass is 16.5. The average molecular weight is 424 g/mol. The number of hydrogen-bond acceptors (Lipinski definition) is 6. The third kappa shape index (κ3) is 4.72. The maximum atomic E-state index is 13.0.